The van der Waals surface area contributed by atoms with Crippen LogP contribution in [0.25, 0.3) is 0 Å². The molecule has 3 heterocycles. The zero-order valence-corrected chi connectivity index (χ0v) is 16.9. The number of amides is 1. The van der Waals surface area contributed by atoms with Crippen LogP contribution in [-0.2, 0) is 6.54 Å². The standard InChI is InChI=1S/C22H20N4O2S/c1-15-5-9-18(10-6-15)29-22-19(4-3-12-23-22)21(27)25-20-11-13-24-26(20)14-17-8-7-16(2)28-17/h3-13H,14H2,1-2H3,(H,25,27). The van der Waals surface area contributed by atoms with E-state index in [1.165, 1.54) is 17.3 Å². The van der Waals surface area contributed by atoms with Crippen molar-refractivity contribution in [3.05, 3.63) is 89.6 Å². The molecule has 1 N–H and O–H groups in total. The number of benzene rings is 1. The number of furan rings is 1. The molecule has 1 aromatic carbocycles. The second kappa shape index (κ2) is 8.36. The molecule has 0 aliphatic carbocycles. The van der Waals surface area contributed by atoms with Gasteiger partial charge in [0.25, 0.3) is 5.91 Å². The van der Waals surface area contributed by atoms with E-state index in [4.69, 9.17) is 4.42 Å². The Hall–Kier alpha value is -3.32. The Balaban J connectivity index is 1.52. The molecule has 7 heteroatoms. The third kappa shape index (κ3) is 4.57. The van der Waals surface area contributed by atoms with Crippen LogP contribution in [0.4, 0.5) is 5.82 Å². The highest BCUT2D eigenvalue weighted by Gasteiger charge is 2.16. The molecule has 4 rings (SSSR count). The molecule has 0 saturated heterocycles. The normalized spacial score (nSPS) is 10.8. The minimum atomic E-state index is -0.231. The maximum absolute atomic E-state index is 13.0. The van der Waals surface area contributed by atoms with Crippen LogP contribution < -0.4 is 5.32 Å². The number of nitrogens with one attached hydrogen (secondary N) is 1. The summed E-state index contributed by atoms with van der Waals surface area (Å²) < 4.78 is 7.30. The Labute approximate surface area is 173 Å². The number of hydrogen-bond acceptors (Lipinski definition) is 5. The lowest BCUT2D eigenvalue weighted by Crippen LogP contribution is -2.17. The van der Waals surface area contributed by atoms with Crippen molar-refractivity contribution in [2.24, 2.45) is 0 Å². The van der Waals surface area contributed by atoms with Gasteiger partial charge in [-0.15, -0.1) is 0 Å². The molecule has 146 valence electrons. The van der Waals surface area contributed by atoms with Gasteiger partial charge in [-0.25, -0.2) is 9.67 Å². The van der Waals surface area contributed by atoms with Gasteiger partial charge in [0.05, 0.1) is 11.8 Å². The van der Waals surface area contributed by atoms with Crippen molar-refractivity contribution < 1.29 is 9.21 Å². The van der Waals surface area contributed by atoms with E-state index < -0.39 is 0 Å². The molecule has 0 fully saturated rings. The largest absolute Gasteiger partial charge is 0.464 e. The Morgan fingerprint density at radius 1 is 1.07 bits per heavy atom. The predicted molar refractivity (Wildman–Crippen MR) is 112 cm³/mol. The van der Waals surface area contributed by atoms with Gasteiger partial charge in [0.15, 0.2) is 0 Å². The van der Waals surface area contributed by atoms with Crippen molar-refractivity contribution >= 4 is 23.5 Å². The van der Waals surface area contributed by atoms with E-state index in [9.17, 15) is 4.79 Å². The number of aromatic nitrogens is 3. The van der Waals surface area contributed by atoms with Gasteiger partial charge in [0, 0.05) is 17.2 Å². The maximum Gasteiger partial charge on any atom is 0.259 e. The fourth-order valence-corrected chi connectivity index (χ4v) is 3.71. The summed E-state index contributed by atoms with van der Waals surface area (Å²) in [7, 11) is 0. The highest BCUT2D eigenvalue weighted by Crippen LogP contribution is 2.29. The fourth-order valence-electron chi connectivity index (χ4n) is 2.83. The van der Waals surface area contributed by atoms with Crippen LogP contribution >= 0.6 is 11.8 Å². The summed E-state index contributed by atoms with van der Waals surface area (Å²) in [5, 5.41) is 7.88. The second-order valence-electron chi connectivity index (χ2n) is 6.61. The van der Waals surface area contributed by atoms with Crippen LogP contribution in [-0.4, -0.2) is 20.7 Å². The Bertz CT molecular complexity index is 1130. The van der Waals surface area contributed by atoms with Gasteiger partial charge in [-0.2, -0.15) is 5.10 Å². The number of pyridine rings is 1. The molecule has 0 radical (unpaired) electrons. The molecule has 0 aliphatic heterocycles. The van der Waals surface area contributed by atoms with E-state index in [0.29, 0.717) is 23.0 Å². The molecule has 29 heavy (non-hydrogen) atoms. The molecule has 0 unspecified atom stereocenters. The lowest BCUT2D eigenvalue weighted by molar-refractivity contribution is 0.102. The van der Waals surface area contributed by atoms with Gasteiger partial charge in [0.1, 0.15) is 28.9 Å². The highest BCUT2D eigenvalue weighted by molar-refractivity contribution is 7.99. The molecule has 0 spiro atoms. The smallest absolute Gasteiger partial charge is 0.259 e. The maximum atomic E-state index is 13.0. The topological polar surface area (TPSA) is 73.0 Å². The zero-order chi connectivity index (χ0) is 20.2. The fraction of sp³-hybridized carbons (Fsp3) is 0.136. The number of aryl methyl sites for hydroxylation is 2. The van der Waals surface area contributed by atoms with Crippen LogP contribution in [0.2, 0.25) is 0 Å². The summed E-state index contributed by atoms with van der Waals surface area (Å²) in [6, 6.07) is 17.2. The SMILES string of the molecule is Cc1ccc(Sc2ncccc2C(=O)Nc2ccnn2Cc2ccc(C)o2)cc1. The first-order valence-corrected chi connectivity index (χ1v) is 9.98. The predicted octanol–water partition coefficient (Wildman–Crippen LogP) is 4.94. The summed E-state index contributed by atoms with van der Waals surface area (Å²) in [6.07, 6.45) is 3.34. The Kier molecular flexibility index (Phi) is 5.48. The summed E-state index contributed by atoms with van der Waals surface area (Å²) in [6.45, 7) is 4.38. The third-order valence-corrected chi connectivity index (χ3v) is 5.34. The van der Waals surface area contributed by atoms with Crippen molar-refractivity contribution in [2.45, 2.75) is 30.3 Å². The molecule has 3 aromatic heterocycles. The Morgan fingerprint density at radius 2 is 1.90 bits per heavy atom. The van der Waals surface area contributed by atoms with E-state index in [1.807, 2.05) is 50.2 Å². The van der Waals surface area contributed by atoms with Crippen LogP contribution in [0.15, 0.2) is 81.3 Å². The van der Waals surface area contributed by atoms with Crippen molar-refractivity contribution in [3.63, 3.8) is 0 Å². The molecule has 1 amide bonds. The lowest BCUT2D eigenvalue weighted by Gasteiger charge is -2.10. The summed E-state index contributed by atoms with van der Waals surface area (Å²) in [4.78, 5) is 18.4. The van der Waals surface area contributed by atoms with Gasteiger partial charge in [-0.3, -0.25) is 4.79 Å². The molecule has 6 nitrogen and oxygen atoms in total. The molecular weight excluding hydrogens is 384 g/mol. The Morgan fingerprint density at radius 3 is 2.66 bits per heavy atom. The molecule has 0 atom stereocenters. The summed E-state index contributed by atoms with van der Waals surface area (Å²) in [5.41, 5.74) is 1.70. The van der Waals surface area contributed by atoms with Crippen LogP contribution in [0, 0.1) is 13.8 Å². The summed E-state index contributed by atoms with van der Waals surface area (Å²) >= 11 is 1.46. The number of hydrogen-bond donors (Lipinski definition) is 1. The number of rotatable bonds is 6. The number of carbonyl (C=O) groups is 1. The van der Waals surface area contributed by atoms with Crippen LogP contribution in [0.3, 0.4) is 0 Å². The molecule has 0 saturated carbocycles. The third-order valence-electron chi connectivity index (χ3n) is 4.31. The van der Waals surface area contributed by atoms with Gasteiger partial charge < -0.3 is 9.73 Å². The molecule has 0 aliphatic rings. The zero-order valence-electron chi connectivity index (χ0n) is 16.1. The van der Waals surface area contributed by atoms with Gasteiger partial charge >= 0.3 is 0 Å². The van der Waals surface area contributed by atoms with Crippen molar-refractivity contribution in [2.75, 3.05) is 5.32 Å². The lowest BCUT2D eigenvalue weighted by atomic mass is 10.2. The second-order valence-corrected chi connectivity index (χ2v) is 7.67. The van der Waals surface area contributed by atoms with E-state index in [1.54, 1.807) is 35.3 Å². The van der Waals surface area contributed by atoms with Crippen LogP contribution in [0.5, 0.6) is 0 Å². The van der Waals surface area contributed by atoms with Crippen molar-refractivity contribution in [1.29, 1.82) is 0 Å². The van der Waals surface area contributed by atoms with Crippen molar-refractivity contribution in [1.82, 2.24) is 14.8 Å². The molecule has 0 bridgehead atoms. The van der Waals surface area contributed by atoms with E-state index >= 15 is 0 Å². The monoisotopic (exact) mass is 404 g/mol. The average molecular weight is 404 g/mol. The van der Waals surface area contributed by atoms with Gasteiger partial charge in [-0.05, 0) is 50.2 Å². The minimum absolute atomic E-state index is 0.231. The first kappa shape index (κ1) is 19.0. The van der Waals surface area contributed by atoms with E-state index in [2.05, 4.69) is 15.4 Å². The van der Waals surface area contributed by atoms with Crippen LogP contribution in [0.1, 0.15) is 27.4 Å². The van der Waals surface area contributed by atoms with Crippen molar-refractivity contribution in [3.8, 4) is 0 Å². The first-order chi connectivity index (χ1) is 14.1. The quantitative estimate of drug-likeness (QED) is 0.493. The highest BCUT2D eigenvalue weighted by atomic mass is 32.2. The van der Waals surface area contributed by atoms with Gasteiger partial charge in [-0.1, -0.05) is 29.5 Å². The molecule has 4 aromatic rings. The number of nitrogens with zero attached hydrogens (tertiary/aromatic N) is 3. The number of anilines is 1. The summed E-state index contributed by atoms with van der Waals surface area (Å²) in [5.74, 6) is 1.98. The minimum Gasteiger partial charge on any atom is -0.464 e. The van der Waals surface area contributed by atoms with E-state index in [-0.39, 0.29) is 5.91 Å². The van der Waals surface area contributed by atoms with Gasteiger partial charge in [0.2, 0.25) is 0 Å². The molecular formula is C22H20N4O2S. The first-order valence-electron chi connectivity index (χ1n) is 9.16. The number of carbonyl (C=O) groups excluding carboxylic acids is 1. The van der Waals surface area contributed by atoms with E-state index in [0.717, 1.165) is 16.4 Å². The average Bonchev–Trinajstić information content (AvgIpc) is 3.33.